The van der Waals surface area contributed by atoms with Crippen molar-refractivity contribution in [3.05, 3.63) is 17.5 Å². The van der Waals surface area contributed by atoms with E-state index in [4.69, 9.17) is 0 Å². The number of anilines is 1. The van der Waals surface area contributed by atoms with Crippen LogP contribution in [0.25, 0.3) is 0 Å². The van der Waals surface area contributed by atoms with Crippen LogP contribution in [-0.4, -0.2) is 12.5 Å². The normalized spacial score (nSPS) is 11.0. The van der Waals surface area contributed by atoms with Crippen LogP contribution in [0.15, 0.2) is 17.5 Å². The molecule has 0 fully saturated rings. The van der Waals surface area contributed by atoms with Crippen LogP contribution >= 0.6 is 11.3 Å². The van der Waals surface area contributed by atoms with Gasteiger partial charge in [0.1, 0.15) is 0 Å². The van der Waals surface area contributed by atoms with Crippen molar-refractivity contribution >= 4 is 22.2 Å². The predicted molar refractivity (Wildman–Crippen MR) is 117 cm³/mol. The lowest BCUT2D eigenvalue weighted by Gasteiger charge is -2.20. The standard InChI is InChI=1S/C23H41NOS/c1-3-5-6-7-8-9-10-11-12-13-14-15-16-17-20-24(22(25)4-2)23-19-18-21-26-23/h18-19,21H,3-17,20H2,1-2H3. The highest BCUT2D eigenvalue weighted by Crippen LogP contribution is 2.23. The summed E-state index contributed by atoms with van der Waals surface area (Å²) in [7, 11) is 0. The summed E-state index contributed by atoms with van der Waals surface area (Å²) >= 11 is 1.67. The lowest BCUT2D eigenvalue weighted by Crippen LogP contribution is -2.30. The monoisotopic (exact) mass is 379 g/mol. The number of carbonyl (C=O) groups is 1. The molecule has 0 N–H and O–H groups in total. The fraction of sp³-hybridized carbons (Fsp3) is 0.783. The van der Waals surface area contributed by atoms with Crippen LogP contribution in [0, 0.1) is 0 Å². The highest BCUT2D eigenvalue weighted by molar-refractivity contribution is 7.14. The quantitative estimate of drug-likeness (QED) is 0.251. The van der Waals surface area contributed by atoms with Gasteiger partial charge in [0, 0.05) is 13.0 Å². The number of hydrogen-bond acceptors (Lipinski definition) is 2. The Kier molecular flexibility index (Phi) is 14.6. The van der Waals surface area contributed by atoms with Gasteiger partial charge in [-0.15, -0.1) is 11.3 Å². The molecule has 1 heterocycles. The van der Waals surface area contributed by atoms with Crippen molar-refractivity contribution in [1.29, 1.82) is 0 Å². The molecule has 2 nitrogen and oxygen atoms in total. The molecule has 0 saturated carbocycles. The van der Waals surface area contributed by atoms with E-state index in [-0.39, 0.29) is 5.91 Å². The third kappa shape index (κ3) is 11.0. The van der Waals surface area contributed by atoms with Crippen molar-refractivity contribution in [2.24, 2.45) is 0 Å². The minimum Gasteiger partial charge on any atom is -0.304 e. The Balaban J connectivity index is 1.93. The van der Waals surface area contributed by atoms with E-state index in [0.29, 0.717) is 6.42 Å². The Morgan fingerprint density at radius 2 is 1.31 bits per heavy atom. The highest BCUT2D eigenvalue weighted by atomic mass is 32.1. The molecule has 1 aromatic heterocycles. The maximum absolute atomic E-state index is 12.1. The average molecular weight is 380 g/mol. The minimum absolute atomic E-state index is 0.252. The molecule has 0 spiro atoms. The molecule has 0 aliphatic rings. The molecule has 1 amide bonds. The van der Waals surface area contributed by atoms with Crippen LogP contribution in [0.1, 0.15) is 110 Å². The summed E-state index contributed by atoms with van der Waals surface area (Å²) < 4.78 is 0. The molecular formula is C23H41NOS. The van der Waals surface area contributed by atoms with Gasteiger partial charge >= 0.3 is 0 Å². The SMILES string of the molecule is CCCCCCCCCCCCCCCCN(C(=O)CC)c1cccs1. The maximum atomic E-state index is 12.1. The molecule has 0 saturated heterocycles. The van der Waals surface area contributed by atoms with E-state index >= 15 is 0 Å². The number of rotatable bonds is 17. The fourth-order valence-corrected chi connectivity index (χ4v) is 4.21. The smallest absolute Gasteiger partial charge is 0.227 e. The molecule has 150 valence electrons. The van der Waals surface area contributed by atoms with Crippen molar-refractivity contribution in [2.75, 3.05) is 11.4 Å². The van der Waals surface area contributed by atoms with E-state index in [1.165, 1.54) is 83.5 Å². The first kappa shape index (κ1) is 23.2. The van der Waals surface area contributed by atoms with Crippen molar-refractivity contribution in [3.63, 3.8) is 0 Å². The molecule has 26 heavy (non-hydrogen) atoms. The molecule has 0 aliphatic carbocycles. The predicted octanol–water partition coefficient (Wildman–Crippen LogP) is 7.97. The van der Waals surface area contributed by atoms with Gasteiger partial charge in [-0.3, -0.25) is 4.79 Å². The van der Waals surface area contributed by atoms with E-state index in [0.717, 1.165) is 18.0 Å². The third-order valence-corrected chi connectivity index (χ3v) is 6.00. The van der Waals surface area contributed by atoms with Gasteiger partial charge in [0.2, 0.25) is 5.91 Å². The van der Waals surface area contributed by atoms with Gasteiger partial charge in [-0.1, -0.05) is 97.3 Å². The lowest BCUT2D eigenvalue weighted by molar-refractivity contribution is -0.118. The summed E-state index contributed by atoms with van der Waals surface area (Å²) in [6.45, 7) is 5.11. The first-order chi connectivity index (χ1) is 12.8. The number of hydrogen-bond donors (Lipinski definition) is 0. The zero-order valence-electron chi connectivity index (χ0n) is 17.3. The molecule has 0 atom stereocenters. The second kappa shape index (κ2) is 16.4. The van der Waals surface area contributed by atoms with Crippen molar-refractivity contribution in [3.8, 4) is 0 Å². The summed E-state index contributed by atoms with van der Waals surface area (Å²) in [6, 6.07) is 4.09. The largest absolute Gasteiger partial charge is 0.304 e. The van der Waals surface area contributed by atoms with Gasteiger partial charge in [-0.25, -0.2) is 0 Å². The van der Waals surface area contributed by atoms with E-state index < -0.39 is 0 Å². The number of amides is 1. The van der Waals surface area contributed by atoms with E-state index in [1.807, 2.05) is 17.9 Å². The Bertz CT molecular complexity index is 429. The van der Waals surface area contributed by atoms with Crippen molar-refractivity contribution in [1.82, 2.24) is 0 Å². The van der Waals surface area contributed by atoms with Gasteiger partial charge in [-0.05, 0) is 23.9 Å². The lowest BCUT2D eigenvalue weighted by atomic mass is 10.0. The van der Waals surface area contributed by atoms with Crippen LogP contribution in [0.4, 0.5) is 5.00 Å². The minimum atomic E-state index is 0.252. The molecule has 0 aliphatic heterocycles. The highest BCUT2D eigenvalue weighted by Gasteiger charge is 2.13. The number of unbranched alkanes of at least 4 members (excludes halogenated alkanes) is 13. The van der Waals surface area contributed by atoms with E-state index in [2.05, 4.69) is 18.4 Å². The van der Waals surface area contributed by atoms with Gasteiger partial charge in [-0.2, -0.15) is 0 Å². The zero-order chi connectivity index (χ0) is 18.9. The summed E-state index contributed by atoms with van der Waals surface area (Å²) in [4.78, 5) is 14.1. The van der Waals surface area contributed by atoms with Crippen LogP contribution < -0.4 is 4.90 Å². The molecule has 3 heteroatoms. The Hall–Kier alpha value is -0.830. The summed E-state index contributed by atoms with van der Waals surface area (Å²) in [5.41, 5.74) is 0. The van der Waals surface area contributed by atoms with Crippen LogP contribution in [0.3, 0.4) is 0 Å². The maximum Gasteiger partial charge on any atom is 0.227 e. The number of nitrogens with zero attached hydrogens (tertiary/aromatic N) is 1. The molecule has 0 radical (unpaired) electrons. The first-order valence-electron chi connectivity index (χ1n) is 11.1. The Morgan fingerprint density at radius 3 is 1.73 bits per heavy atom. The molecule has 0 bridgehead atoms. The number of thiophene rings is 1. The Labute approximate surface area is 166 Å². The van der Waals surface area contributed by atoms with Crippen molar-refractivity contribution in [2.45, 2.75) is 110 Å². The topological polar surface area (TPSA) is 20.3 Å². The van der Waals surface area contributed by atoms with Crippen LogP contribution in [0.2, 0.25) is 0 Å². The molecular weight excluding hydrogens is 338 g/mol. The second-order valence-electron chi connectivity index (χ2n) is 7.45. The molecule has 0 unspecified atom stereocenters. The van der Waals surface area contributed by atoms with Gasteiger partial charge in [0.15, 0.2) is 0 Å². The van der Waals surface area contributed by atoms with E-state index in [1.54, 1.807) is 11.3 Å². The molecule has 1 rings (SSSR count). The number of carbonyl (C=O) groups excluding carboxylic acids is 1. The van der Waals surface area contributed by atoms with Crippen molar-refractivity contribution < 1.29 is 4.79 Å². The Morgan fingerprint density at radius 1 is 0.808 bits per heavy atom. The van der Waals surface area contributed by atoms with Gasteiger partial charge < -0.3 is 4.90 Å². The first-order valence-corrected chi connectivity index (χ1v) is 12.0. The van der Waals surface area contributed by atoms with Crippen LogP contribution in [0.5, 0.6) is 0 Å². The molecule has 0 aromatic carbocycles. The zero-order valence-corrected chi connectivity index (χ0v) is 18.1. The van der Waals surface area contributed by atoms with Gasteiger partial charge in [0.05, 0.1) is 5.00 Å². The van der Waals surface area contributed by atoms with Crippen LogP contribution in [-0.2, 0) is 4.79 Å². The molecule has 1 aromatic rings. The average Bonchev–Trinajstić information content (AvgIpc) is 3.18. The van der Waals surface area contributed by atoms with Gasteiger partial charge in [0.25, 0.3) is 0 Å². The third-order valence-electron chi connectivity index (χ3n) is 5.11. The van der Waals surface area contributed by atoms with E-state index in [9.17, 15) is 4.79 Å². The summed E-state index contributed by atoms with van der Waals surface area (Å²) in [5.74, 6) is 0.252. The second-order valence-corrected chi connectivity index (χ2v) is 8.37. The fourth-order valence-electron chi connectivity index (χ4n) is 3.44. The summed E-state index contributed by atoms with van der Waals surface area (Å²) in [5, 5.41) is 3.16. The summed E-state index contributed by atoms with van der Waals surface area (Å²) in [6.07, 6.45) is 19.8.